The minimum Gasteiger partial charge on any atom is -0.472 e. The second-order valence-electron chi connectivity index (χ2n) is 4.54. The van der Waals surface area contributed by atoms with Crippen molar-refractivity contribution >= 4 is 28.6 Å². The van der Waals surface area contributed by atoms with Crippen LogP contribution in [0.1, 0.15) is 20.8 Å². The summed E-state index contributed by atoms with van der Waals surface area (Å²) in [4.78, 5) is 12.8. The summed E-state index contributed by atoms with van der Waals surface area (Å²) in [6.45, 7) is 0.105. The van der Waals surface area contributed by atoms with E-state index in [1.807, 2.05) is 34.3 Å². The van der Waals surface area contributed by atoms with Gasteiger partial charge in [0, 0.05) is 10.4 Å². The monoisotopic (exact) mass is 319 g/mol. The molecule has 108 valence electrons. The number of hydrogen-bond acceptors (Lipinski definition) is 5. The summed E-state index contributed by atoms with van der Waals surface area (Å²) in [6.07, 6.45) is 2.82. The van der Waals surface area contributed by atoms with Crippen LogP contribution in [0, 0.1) is 0 Å². The van der Waals surface area contributed by atoms with Gasteiger partial charge in [0.25, 0.3) is 5.91 Å². The molecule has 0 unspecified atom stereocenters. The highest BCUT2D eigenvalue weighted by Crippen LogP contribution is 2.33. The Morgan fingerprint density at radius 3 is 2.86 bits per heavy atom. The molecule has 1 amide bonds. The zero-order valence-electron chi connectivity index (χ0n) is 11.0. The predicted octanol–water partition coefficient (Wildman–Crippen LogP) is 3.07. The zero-order chi connectivity index (χ0) is 14.7. The topological polar surface area (TPSA) is 62.5 Å². The molecule has 3 heterocycles. The fraction of sp³-hybridized carbons (Fsp3) is 0.133. The van der Waals surface area contributed by atoms with Gasteiger partial charge in [0.05, 0.1) is 18.4 Å². The third-order valence-electron chi connectivity index (χ3n) is 3.22. The smallest absolute Gasteiger partial charge is 0.254 e. The maximum Gasteiger partial charge on any atom is 0.254 e. The van der Waals surface area contributed by atoms with Gasteiger partial charge in [-0.25, -0.2) is 0 Å². The van der Waals surface area contributed by atoms with Gasteiger partial charge in [-0.3, -0.25) is 4.79 Å². The summed E-state index contributed by atoms with van der Waals surface area (Å²) >= 11 is 2.97. The molecule has 0 spiro atoms. The largest absolute Gasteiger partial charge is 0.472 e. The summed E-state index contributed by atoms with van der Waals surface area (Å²) in [5.41, 5.74) is 0.00407. The van der Waals surface area contributed by atoms with E-state index < -0.39 is 5.60 Å². The summed E-state index contributed by atoms with van der Waals surface area (Å²) in [5.74, 6) is -0.269. The van der Waals surface area contributed by atoms with Gasteiger partial charge in [0.1, 0.15) is 11.9 Å². The second kappa shape index (κ2) is 5.85. The van der Waals surface area contributed by atoms with Gasteiger partial charge in [-0.15, -0.1) is 11.3 Å². The number of rotatable bonds is 5. The molecule has 0 fully saturated rings. The SMILES string of the molecule is O=C(NC[C@](O)(c1ccsc1)c1cccs1)c1ccoc1. The lowest BCUT2D eigenvalue weighted by molar-refractivity contribution is 0.0720. The maximum atomic E-state index is 12.0. The van der Waals surface area contributed by atoms with E-state index in [2.05, 4.69) is 5.32 Å². The van der Waals surface area contributed by atoms with Crippen molar-refractivity contribution in [1.29, 1.82) is 0 Å². The zero-order valence-corrected chi connectivity index (χ0v) is 12.6. The van der Waals surface area contributed by atoms with Crippen LogP contribution < -0.4 is 5.32 Å². The highest BCUT2D eigenvalue weighted by atomic mass is 32.1. The normalized spacial score (nSPS) is 13.8. The molecule has 0 saturated heterocycles. The van der Waals surface area contributed by atoms with Crippen molar-refractivity contribution in [2.24, 2.45) is 0 Å². The highest BCUT2D eigenvalue weighted by molar-refractivity contribution is 7.10. The summed E-state index contributed by atoms with van der Waals surface area (Å²) in [5, 5.41) is 19.5. The molecule has 6 heteroatoms. The van der Waals surface area contributed by atoms with Crippen molar-refractivity contribution in [3.05, 3.63) is 68.9 Å². The van der Waals surface area contributed by atoms with Crippen LogP contribution in [-0.2, 0) is 5.60 Å². The van der Waals surface area contributed by atoms with E-state index in [9.17, 15) is 9.90 Å². The van der Waals surface area contributed by atoms with E-state index in [-0.39, 0.29) is 12.5 Å². The molecule has 4 nitrogen and oxygen atoms in total. The number of hydrogen-bond donors (Lipinski definition) is 2. The quantitative estimate of drug-likeness (QED) is 0.760. The van der Waals surface area contributed by atoms with E-state index in [4.69, 9.17) is 4.42 Å². The van der Waals surface area contributed by atoms with Crippen LogP contribution >= 0.6 is 22.7 Å². The van der Waals surface area contributed by atoms with Gasteiger partial charge >= 0.3 is 0 Å². The molecule has 0 radical (unpaired) electrons. The summed E-state index contributed by atoms with van der Waals surface area (Å²) in [7, 11) is 0. The molecular weight excluding hydrogens is 306 g/mol. The van der Waals surface area contributed by atoms with Crippen LogP contribution in [0.5, 0.6) is 0 Å². The number of furan rings is 1. The van der Waals surface area contributed by atoms with E-state index in [0.717, 1.165) is 10.4 Å². The molecule has 0 aromatic carbocycles. The number of carbonyl (C=O) groups is 1. The van der Waals surface area contributed by atoms with Crippen molar-refractivity contribution in [1.82, 2.24) is 5.32 Å². The lowest BCUT2D eigenvalue weighted by Crippen LogP contribution is -2.40. The van der Waals surface area contributed by atoms with E-state index in [1.54, 1.807) is 6.07 Å². The minimum atomic E-state index is -1.21. The van der Waals surface area contributed by atoms with Crippen LogP contribution in [0.25, 0.3) is 0 Å². The Labute approximate surface area is 129 Å². The molecule has 0 aliphatic heterocycles. The Morgan fingerprint density at radius 2 is 2.24 bits per heavy atom. The van der Waals surface area contributed by atoms with Crippen LogP contribution in [-0.4, -0.2) is 17.6 Å². The molecule has 3 aromatic rings. The molecule has 0 aliphatic carbocycles. The van der Waals surface area contributed by atoms with Crippen LogP contribution in [0.4, 0.5) is 0 Å². The fourth-order valence-corrected chi connectivity index (χ4v) is 3.62. The number of aliphatic hydroxyl groups is 1. The minimum absolute atomic E-state index is 0.105. The number of nitrogens with one attached hydrogen (secondary N) is 1. The molecule has 0 aliphatic rings. The first kappa shape index (κ1) is 14.1. The van der Waals surface area contributed by atoms with Gasteiger partial charge < -0.3 is 14.8 Å². The second-order valence-corrected chi connectivity index (χ2v) is 6.27. The van der Waals surface area contributed by atoms with Crippen molar-refractivity contribution in [2.75, 3.05) is 6.54 Å². The first-order valence-corrected chi connectivity index (χ1v) is 8.12. The predicted molar refractivity (Wildman–Crippen MR) is 82.7 cm³/mol. The standard InChI is InChI=1S/C15H13NO3S2/c17-14(11-3-5-19-8-11)16-10-15(18,12-4-7-20-9-12)13-2-1-6-21-13/h1-9,18H,10H2,(H,16,17)/t15-/m0/s1. The number of amides is 1. The van der Waals surface area contributed by atoms with E-state index >= 15 is 0 Å². The van der Waals surface area contributed by atoms with Gasteiger partial charge in [-0.1, -0.05) is 6.07 Å². The van der Waals surface area contributed by atoms with E-state index in [1.165, 1.54) is 35.2 Å². The Hall–Kier alpha value is -1.89. The van der Waals surface area contributed by atoms with Gasteiger partial charge in [-0.2, -0.15) is 11.3 Å². The van der Waals surface area contributed by atoms with Crippen molar-refractivity contribution in [3.63, 3.8) is 0 Å². The third-order valence-corrected chi connectivity index (χ3v) is 4.92. The van der Waals surface area contributed by atoms with Gasteiger partial charge in [0.15, 0.2) is 0 Å². The lowest BCUT2D eigenvalue weighted by atomic mass is 9.94. The Morgan fingerprint density at radius 1 is 1.33 bits per heavy atom. The summed E-state index contributed by atoms with van der Waals surface area (Å²) in [6, 6.07) is 7.21. The Kier molecular flexibility index (Phi) is 3.92. The van der Waals surface area contributed by atoms with E-state index in [0.29, 0.717) is 5.56 Å². The molecule has 21 heavy (non-hydrogen) atoms. The van der Waals surface area contributed by atoms with Crippen molar-refractivity contribution in [2.45, 2.75) is 5.60 Å². The molecular formula is C15H13NO3S2. The molecule has 3 aromatic heterocycles. The third kappa shape index (κ3) is 2.78. The molecule has 1 atom stereocenters. The average Bonchev–Trinajstić information content (AvgIpc) is 3.27. The van der Waals surface area contributed by atoms with Crippen molar-refractivity contribution in [3.8, 4) is 0 Å². The van der Waals surface area contributed by atoms with Crippen LogP contribution in [0.15, 0.2) is 57.3 Å². The van der Waals surface area contributed by atoms with Gasteiger partial charge in [0.2, 0.25) is 0 Å². The van der Waals surface area contributed by atoms with Gasteiger partial charge in [-0.05, 0) is 34.3 Å². The average molecular weight is 319 g/mol. The maximum absolute atomic E-state index is 12.0. The number of carbonyl (C=O) groups excluding carboxylic acids is 1. The number of thiophene rings is 2. The molecule has 0 bridgehead atoms. The Balaban J connectivity index is 1.83. The molecule has 2 N–H and O–H groups in total. The fourth-order valence-electron chi connectivity index (χ4n) is 2.05. The first-order valence-electron chi connectivity index (χ1n) is 6.29. The summed E-state index contributed by atoms with van der Waals surface area (Å²) < 4.78 is 4.89. The van der Waals surface area contributed by atoms with Crippen LogP contribution in [0.3, 0.4) is 0 Å². The Bertz CT molecular complexity index is 653. The highest BCUT2D eigenvalue weighted by Gasteiger charge is 2.33. The molecule has 3 rings (SSSR count). The van der Waals surface area contributed by atoms with Crippen molar-refractivity contribution < 1.29 is 14.3 Å². The molecule has 0 saturated carbocycles. The lowest BCUT2D eigenvalue weighted by Gasteiger charge is -2.26. The van der Waals surface area contributed by atoms with Crippen LogP contribution in [0.2, 0.25) is 0 Å². The first-order chi connectivity index (χ1) is 10.2.